The lowest BCUT2D eigenvalue weighted by Gasteiger charge is -2.36. The molecule has 2 aromatic heterocycles. The van der Waals surface area contributed by atoms with Crippen LogP contribution in [0.5, 0.6) is 0 Å². The van der Waals surface area contributed by atoms with Gasteiger partial charge < -0.3 is 10.2 Å². The van der Waals surface area contributed by atoms with Crippen molar-refractivity contribution in [1.29, 1.82) is 0 Å². The number of urea groups is 1. The summed E-state index contributed by atoms with van der Waals surface area (Å²) in [5.74, 6) is 1.51. The Morgan fingerprint density at radius 3 is 2.83 bits per heavy atom. The number of nitrogens with zero attached hydrogens (tertiary/aromatic N) is 4. The van der Waals surface area contributed by atoms with Crippen molar-refractivity contribution in [3.63, 3.8) is 0 Å². The fourth-order valence-electron chi connectivity index (χ4n) is 3.70. The molecule has 6 nitrogen and oxygen atoms in total. The number of amides is 2. The molecule has 3 heterocycles. The van der Waals surface area contributed by atoms with Crippen molar-refractivity contribution >= 4 is 6.03 Å². The summed E-state index contributed by atoms with van der Waals surface area (Å²) in [7, 11) is 0. The molecule has 1 N–H and O–H groups in total. The summed E-state index contributed by atoms with van der Waals surface area (Å²) < 4.78 is 1.72. The quantitative estimate of drug-likeness (QED) is 0.940. The van der Waals surface area contributed by atoms with Crippen LogP contribution in [0.3, 0.4) is 0 Å². The van der Waals surface area contributed by atoms with E-state index in [1.165, 1.54) is 19.3 Å². The van der Waals surface area contributed by atoms with Crippen LogP contribution in [0.15, 0.2) is 36.8 Å². The van der Waals surface area contributed by atoms with Gasteiger partial charge in [0.1, 0.15) is 0 Å². The van der Waals surface area contributed by atoms with Gasteiger partial charge in [-0.05, 0) is 49.3 Å². The van der Waals surface area contributed by atoms with Crippen LogP contribution in [0, 0.1) is 5.92 Å². The third kappa shape index (κ3) is 3.00. The third-order valence-corrected chi connectivity index (χ3v) is 5.25. The van der Waals surface area contributed by atoms with Gasteiger partial charge in [0.2, 0.25) is 0 Å². The minimum absolute atomic E-state index is 0.0700. The van der Waals surface area contributed by atoms with E-state index in [0.29, 0.717) is 12.6 Å². The summed E-state index contributed by atoms with van der Waals surface area (Å²) in [6.07, 6.45) is 11.6. The Kier molecular flexibility index (Phi) is 4.19. The van der Waals surface area contributed by atoms with Crippen LogP contribution in [0.25, 0.3) is 5.82 Å². The molecule has 1 saturated carbocycles. The van der Waals surface area contributed by atoms with Gasteiger partial charge in [0, 0.05) is 37.7 Å². The number of carbonyl (C=O) groups is 1. The van der Waals surface area contributed by atoms with Crippen molar-refractivity contribution in [1.82, 2.24) is 25.0 Å². The van der Waals surface area contributed by atoms with Gasteiger partial charge in [-0.3, -0.25) is 0 Å². The van der Waals surface area contributed by atoms with E-state index in [1.54, 1.807) is 17.1 Å². The largest absolute Gasteiger partial charge is 0.334 e. The van der Waals surface area contributed by atoms with Crippen molar-refractivity contribution in [3.8, 4) is 5.82 Å². The molecule has 0 aromatic carbocycles. The molecule has 24 heavy (non-hydrogen) atoms. The number of hydrogen-bond donors (Lipinski definition) is 1. The first-order valence-corrected chi connectivity index (χ1v) is 8.81. The molecule has 0 radical (unpaired) electrons. The smallest absolute Gasteiger partial charge is 0.317 e. The molecular weight excluding hydrogens is 302 g/mol. The van der Waals surface area contributed by atoms with Crippen LogP contribution < -0.4 is 5.32 Å². The van der Waals surface area contributed by atoms with Crippen molar-refractivity contribution in [2.75, 3.05) is 6.54 Å². The molecule has 1 aliphatic carbocycles. The first kappa shape index (κ1) is 15.2. The topological polar surface area (TPSA) is 63.1 Å². The molecule has 1 aliphatic heterocycles. The molecule has 2 aliphatic rings. The average Bonchev–Trinajstić information content (AvgIpc) is 3.23. The molecule has 4 rings (SSSR count). The molecule has 0 bridgehead atoms. The highest BCUT2D eigenvalue weighted by Gasteiger charge is 2.37. The van der Waals surface area contributed by atoms with E-state index < -0.39 is 0 Å². The predicted molar refractivity (Wildman–Crippen MR) is 90.7 cm³/mol. The number of likely N-dealkylation sites (tertiary alicyclic amines) is 1. The number of carbonyl (C=O) groups excluding carboxylic acids is 1. The van der Waals surface area contributed by atoms with Crippen LogP contribution in [0.1, 0.15) is 37.7 Å². The Labute approximate surface area is 141 Å². The molecule has 6 heteroatoms. The second-order valence-corrected chi connectivity index (χ2v) is 6.73. The van der Waals surface area contributed by atoms with Gasteiger partial charge in [0.15, 0.2) is 5.82 Å². The fraction of sp³-hybridized carbons (Fsp3) is 0.500. The Hall–Kier alpha value is -2.37. The molecule has 2 amide bonds. The summed E-state index contributed by atoms with van der Waals surface area (Å²) >= 11 is 0. The highest BCUT2D eigenvalue weighted by molar-refractivity contribution is 5.74. The van der Waals surface area contributed by atoms with Crippen molar-refractivity contribution in [2.24, 2.45) is 5.92 Å². The molecule has 1 saturated heterocycles. The highest BCUT2D eigenvalue weighted by Crippen LogP contribution is 2.37. The Bertz CT molecular complexity index is 678. The van der Waals surface area contributed by atoms with E-state index in [4.69, 9.17) is 0 Å². The van der Waals surface area contributed by atoms with E-state index in [2.05, 4.69) is 20.3 Å². The third-order valence-electron chi connectivity index (χ3n) is 5.25. The maximum atomic E-state index is 12.5. The zero-order valence-corrected chi connectivity index (χ0v) is 13.8. The Balaban J connectivity index is 1.33. The van der Waals surface area contributed by atoms with E-state index in [0.717, 1.165) is 36.7 Å². The van der Waals surface area contributed by atoms with E-state index >= 15 is 0 Å². The number of aromatic nitrogens is 3. The van der Waals surface area contributed by atoms with Gasteiger partial charge in [-0.25, -0.2) is 14.5 Å². The number of nitrogens with one attached hydrogen (secondary N) is 1. The lowest BCUT2D eigenvalue weighted by atomic mass is 9.79. The van der Waals surface area contributed by atoms with Crippen molar-refractivity contribution in [3.05, 3.63) is 42.4 Å². The van der Waals surface area contributed by atoms with Gasteiger partial charge in [0.25, 0.3) is 0 Å². The average molecular weight is 325 g/mol. The summed E-state index contributed by atoms with van der Waals surface area (Å²) in [5.41, 5.74) is 0.999. The predicted octanol–water partition coefficient (Wildman–Crippen LogP) is 2.74. The zero-order chi connectivity index (χ0) is 16.4. The first-order valence-electron chi connectivity index (χ1n) is 8.81. The Morgan fingerprint density at radius 1 is 1.25 bits per heavy atom. The summed E-state index contributed by atoms with van der Waals surface area (Å²) in [4.78, 5) is 19.0. The van der Waals surface area contributed by atoms with Gasteiger partial charge in [-0.1, -0.05) is 12.5 Å². The summed E-state index contributed by atoms with van der Waals surface area (Å²) in [5, 5.41) is 7.21. The van der Waals surface area contributed by atoms with Gasteiger partial charge >= 0.3 is 6.03 Å². The number of hydrogen-bond acceptors (Lipinski definition) is 3. The van der Waals surface area contributed by atoms with E-state index in [1.807, 2.05) is 24.4 Å². The second kappa shape index (κ2) is 6.63. The van der Waals surface area contributed by atoms with Gasteiger partial charge in [-0.2, -0.15) is 5.10 Å². The molecule has 1 atom stereocenters. The van der Waals surface area contributed by atoms with Crippen LogP contribution in [0.2, 0.25) is 0 Å². The van der Waals surface area contributed by atoms with Crippen molar-refractivity contribution in [2.45, 2.75) is 44.7 Å². The molecule has 0 unspecified atom stereocenters. The van der Waals surface area contributed by atoms with Crippen LogP contribution >= 0.6 is 0 Å². The van der Waals surface area contributed by atoms with Gasteiger partial charge in [-0.15, -0.1) is 0 Å². The normalized spacial score (nSPS) is 20.8. The maximum absolute atomic E-state index is 12.5. The minimum atomic E-state index is 0.0700. The highest BCUT2D eigenvalue weighted by atomic mass is 16.2. The lowest BCUT2D eigenvalue weighted by molar-refractivity contribution is 0.139. The fourth-order valence-corrected chi connectivity index (χ4v) is 3.70. The van der Waals surface area contributed by atoms with Crippen molar-refractivity contribution < 1.29 is 4.79 Å². The standard InChI is InChI=1S/C18H23N5O/c24-18(22-10-2-6-16(22)15-4-1-5-15)20-13-14-7-8-17(19-12-14)23-11-3-9-21-23/h3,7-9,11-12,15-16H,1-2,4-6,10,13H2,(H,20,24)/t16-/m0/s1. The lowest BCUT2D eigenvalue weighted by Crippen LogP contribution is -2.46. The maximum Gasteiger partial charge on any atom is 0.317 e. The molecule has 2 aromatic rings. The van der Waals surface area contributed by atoms with Crippen LogP contribution in [-0.2, 0) is 6.54 Å². The summed E-state index contributed by atoms with van der Waals surface area (Å²) in [6.45, 7) is 1.41. The number of pyridine rings is 1. The molecule has 126 valence electrons. The SMILES string of the molecule is O=C(NCc1ccc(-n2cccn2)nc1)N1CCC[C@H]1C1CCC1. The second-order valence-electron chi connectivity index (χ2n) is 6.73. The number of rotatable bonds is 4. The summed E-state index contributed by atoms with van der Waals surface area (Å²) in [6, 6.07) is 6.29. The molecular formula is C18H23N5O. The minimum Gasteiger partial charge on any atom is -0.334 e. The van der Waals surface area contributed by atoms with E-state index in [9.17, 15) is 4.79 Å². The zero-order valence-electron chi connectivity index (χ0n) is 13.8. The monoisotopic (exact) mass is 325 g/mol. The van der Waals surface area contributed by atoms with Crippen LogP contribution in [0.4, 0.5) is 4.79 Å². The first-order chi connectivity index (χ1) is 11.8. The molecule has 0 spiro atoms. The van der Waals surface area contributed by atoms with E-state index in [-0.39, 0.29) is 6.03 Å². The Morgan fingerprint density at radius 2 is 2.17 bits per heavy atom. The van der Waals surface area contributed by atoms with Crippen LogP contribution in [-0.4, -0.2) is 38.3 Å². The molecule has 2 fully saturated rings. The van der Waals surface area contributed by atoms with Gasteiger partial charge in [0.05, 0.1) is 0 Å².